The predicted octanol–water partition coefficient (Wildman–Crippen LogP) is 5.56. The smallest absolute Gasteiger partial charge is 0.335 e. The van der Waals surface area contributed by atoms with Crippen molar-refractivity contribution in [2.45, 2.75) is 55.7 Å². The number of phenolic OH excluding ortho intramolecular Hbond substituents is 1. The number of aromatic hydroxyl groups is 1. The normalized spacial score (nSPS) is 27.9. The second-order valence-electron chi connectivity index (χ2n) is 14.3. The second-order valence-corrected chi connectivity index (χ2v) is 16.7. The molecule has 57 heavy (non-hydrogen) atoms. The Morgan fingerprint density at radius 2 is 1.86 bits per heavy atom. The predicted molar refractivity (Wildman–Crippen MR) is 218 cm³/mol. The number of aromatic amines is 1. The molecule has 2 aliphatic heterocycles. The molecule has 4 heterocycles. The number of fused-ring (bicyclic) bond motifs is 2. The molecular weight excluding hydrogens is 773 g/mol. The first kappa shape index (κ1) is 40.6. The fourth-order valence-electron chi connectivity index (χ4n) is 7.48. The van der Waals surface area contributed by atoms with E-state index in [0.717, 1.165) is 11.1 Å². The van der Waals surface area contributed by atoms with Crippen LogP contribution in [0.5, 0.6) is 11.5 Å². The Kier molecular flexibility index (Phi) is 12.8. The van der Waals surface area contributed by atoms with Gasteiger partial charge in [0.25, 0.3) is 0 Å². The van der Waals surface area contributed by atoms with Crippen LogP contribution in [-0.4, -0.2) is 91.2 Å². The summed E-state index contributed by atoms with van der Waals surface area (Å²) >= 11 is 0. The van der Waals surface area contributed by atoms with Crippen LogP contribution in [0.25, 0.3) is 28.2 Å². The van der Waals surface area contributed by atoms with Crippen molar-refractivity contribution in [3.8, 4) is 22.6 Å². The summed E-state index contributed by atoms with van der Waals surface area (Å²) < 4.78 is 23.7. The molecule has 3 aromatic carbocycles. The average Bonchev–Trinajstić information content (AvgIpc) is 3.74. The number of phenols is 1. The van der Waals surface area contributed by atoms with Crippen molar-refractivity contribution in [1.29, 1.82) is 0 Å². The lowest BCUT2D eigenvalue weighted by atomic mass is 9.78. The number of aliphatic carboxylic acids is 1. The molecule has 0 unspecified atom stereocenters. The van der Waals surface area contributed by atoms with Gasteiger partial charge >= 0.3 is 5.97 Å². The van der Waals surface area contributed by atoms with E-state index in [0.29, 0.717) is 17.7 Å². The Bertz CT molecular complexity index is 2200. The van der Waals surface area contributed by atoms with Gasteiger partial charge in [-0.05, 0) is 71.2 Å². The average molecular weight is 817 g/mol. The van der Waals surface area contributed by atoms with Crippen molar-refractivity contribution in [2.75, 3.05) is 18.2 Å². The quantitative estimate of drug-likeness (QED) is 0.0912. The number of rotatable bonds is 9. The first-order chi connectivity index (χ1) is 27.5. The molecule has 7 N–H and O–H groups in total. The number of carboxylic acids is 1. The summed E-state index contributed by atoms with van der Waals surface area (Å²) in [4.78, 5) is 29.0. The zero-order valence-electron chi connectivity index (χ0n) is 30.8. The second kappa shape index (κ2) is 17.9. The topological polar surface area (TPSA) is 204 Å². The zero-order chi connectivity index (χ0) is 40.1. The van der Waals surface area contributed by atoms with E-state index in [9.17, 15) is 35.1 Å². The fraction of sp³-hybridized carbons (Fsp3) is 0.333. The van der Waals surface area contributed by atoms with Crippen molar-refractivity contribution < 1.29 is 49.0 Å². The Morgan fingerprint density at radius 1 is 1.07 bits per heavy atom. The maximum absolute atomic E-state index is 13.4. The summed E-state index contributed by atoms with van der Waals surface area (Å²) in [7, 11) is 2.89. The highest BCUT2D eigenvalue weighted by Gasteiger charge is 2.63. The van der Waals surface area contributed by atoms with Crippen LogP contribution < -0.4 is 15.5 Å². The first-order valence-electron chi connectivity index (χ1n) is 18.5. The molecule has 0 radical (unpaired) electrons. The van der Waals surface area contributed by atoms with Crippen molar-refractivity contribution in [1.82, 2.24) is 10.3 Å². The van der Waals surface area contributed by atoms with Crippen molar-refractivity contribution in [2.24, 2.45) is 11.8 Å². The standard InChI is InChI=1S/C42H44N2O11S2/c1-24(6-5-9-25-7-3-2-4-8-25)31-20-44-40(50)42(51)38(53-23-57-56-22-33(31)27-16-17-43-19-27)36(47)37(39(48)49)55-41(42)54-29-14-15-30-34(18-29)52-21-32(35(30)46)26-10-12-28(45)13-11-26/h2-5,7-19,21,24,31,33,36-38,40-41,43-45,47,50-51H,6,20,22-23H2,1H3,(H,48,49)/b9-5+/t24-,31+,33+,36-,37+,38+,40-,41-,42+/m1/s1. The Labute approximate surface area is 336 Å². The number of carboxylic acid groups (broad SMARTS) is 1. The summed E-state index contributed by atoms with van der Waals surface area (Å²) in [5, 5.41) is 58.9. The molecule has 300 valence electrons. The SMILES string of the molecule is C[C@H](C/C=C/c1ccccc1)[C@@H]1CN[C@H](O)[C@]2(O)[C@H](Oc3ccc4c(=O)c(-c5ccc(O)cc5)coc4c3)O[C@H](C(=O)O)[C@@H](O)[C@@H]2OCSSC[C@H]1c1cc[nH]c1. The number of aliphatic hydroxyl groups is 3. The van der Waals surface area contributed by atoms with Crippen molar-refractivity contribution in [3.05, 3.63) is 125 Å². The van der Waals surface area contributed by atoms with Crippen LogP contribution in [0.2, 0.25) is 0 Å². The van der Waals surface area contributed by atoms with Crippen molar-refractivity contribution in [3.63, 3.8) is 0 Å². The van der Waals surface area contributed by atoms with Gasteiger partial charge in [0.1, 0.15) is 47.7 Å². The number of allylic oxidation sites excluding steroid dienone is 1. The van der Waals surface area contributed by atoms with E-state index in [1.807, 2.05) is 48.8 Å². The lowest BCUT2D eigenvalue weighted by molar-refractivity contribution is -0.342. The first-order valence-corrected chi connectivity index (χ1v) is 21.0. The number of aliphatic hydroxyl groups excluding tert-OH is 2. The number of ether oxygens (including phenoxy) is 3. The zero-order valence-corrected chi connectivity index (χ0v) is 32.5. The van der Waals surface area contributed by atoms with Crippen LogP contribution in [0.3, 0.4) is 0 Å². The van der Waals surface area contributed by atoms with Gasteiger partial charge in [0.05, 0.1) is 10.9 Å². The third-order valence-corrected chi connectivity index (χ3v) is 12.8. The van der Waals surface area contributed by atoms with Gasteiger partial charge in [-0.2, -0.15) is 0 Å². The van der Waals surface area contributed by atoms with Gasteiger partial charge in [0.15, 0.2) is 17.1 Å². The molecule has 0 amide bonds. The van der Waals surface area contributed by atoms with Gasteiger partial charge in [-0.15, -0.1) is 0 Å². The molecule has 9 atom stereocenters. The molecule has 2 aliphatic rings. The molecule has 15 heteroatoms. The molecule has 2 aromatic heterocycles. The van der Waals surface area contributed by atoms with E-state index in [4.69, 9.17) is 18.6 Å². The van der Waals surface area contributed by atoms with E-state index >= 15 is 0 Å². The molecule has 13 nitrogen and oxygen atoms in total. The molecule has 0 aliphatic carbocycles. The van der Waals surface area contributed by atoms with Crippen LogP contribution in [-0.2, 0) is 14.3 Å². The monoisotopic (exact) mass is 816 g/mol. The van der Waals surface area contributed by atoms with Crippen LogP contribution >= 0.6 is 21.6 Å². The number of H-pyrrole nitrogens is 1. The summed E-state index contributed by atoms with van der Waals surface area (Å²) in [5.74, 6) is -0.866. The van der Waals surface area contributed by atoms with E-state index < -0.39 is 42.4 Å². The number of hydrogen-bond acceptors (Lipinski definition) is 13. The number of carbonyl (C=O) groups is 1. The number of hydrogen-bond donors (Lipinski definition) is 7. The number of aromatic nitrogens is 1. The molecule has 7 rings (SSSR count). The number of nitrogens with one attached hydrogen (secondary N) is 2. The van der Waals surface area contributed by atoms with E-state index in [1.165, 1.54) is 47.4 Å². The lowest BCUT2D eigenvalue weighted by Crippen LogP contribution is -2.75. The molecule has 0 spiro atoms. The summed E-state index contributed by atoms with van der Waals surface area (Å²) in [6.07, 6.45) is 0.760. The van der Waals surface area contributed by atoms with Crippen LogP contribution in [0.15, 0.2) is 113 Å². The fourth-order valence-corrected chi connectivity index (χ4v) is 9.53. The summed E-state index contributed by atoms with van der Waals surface area (Å²) in [6, 6.07) is 22.4. The maximum atomic E-state index is 13.4. The summed E-state index contributed by atoms with van der Waals surface area (Å²) in [5.41, 5.74) is 0.146. The van der Waals surface area contributed by atoms with Gasteiger partial charge in [-0.25, -0.2) is 4.79 Å². The molecule has 2 saturated heterocycles. The van der Waals surface area contributed by atoms with E-state index in [1.54, 1.807) is 22.9 Å². The van der Waals surface area contributed by atoms with E-state index in [2.05, 4.69) is 29.4 Å². The van der Waals surface area contributed by atoms with Gasteiger partial charge in [0, 0.05) is 30.8 Å². The summed E-state index contributed by atoms with van der Waals surface area (Å²) in [6.45, 7) is 2.34. The largest absolute Gasteiger partial charge is 0.508 e. The van der Waals surface area contributed by atoms with Crippen molar-refractivity contribution >= 4 is 44.6 Å². The highest BCUT2D eigenvalue weighted by atomic mass is 33.1. The van der Waals surface area contributed by atoms with Gasteiger partial charge in [0.2, 0.25) is 6.29 Å². The Morgan fingerprint density at radius 3 is 2.60 bits per heavy atom. The molecule has 5 aromatic rings. The minimum absolute atomic E-state index is 0.00760. The van der Waals surface area contributed by atoms with E-state index in [-0.39, 0.29) is 63.7 Å². The third-order valence-electron chi connectivity index (χ3n) is 10.7. The van der Waals surface area contributed by atoms with Crippen LogP contribution in [0.1, 0.15) is 30.4 Å². The van der Waals surface area contributed by atoms with Gasteiger partial charge in [-0.3, -0.25) is 10.1 Å². The molecule has 2 fully saturated rings. The minimum Gasteiger partial charge on any atom is -0.508 e. The molecular formula is C42H44N2O11S2. The third kappa shape index (κ3) is 8.81. The van der Waals surface area contributed by atoms with Gasteiger partial charge in [-0.1, -0.05) is 83.1 Å². The molecule has 0 saturated carbocycles. The van der Waals surface area contributed by atoms with Crippen LogP contribution in [0.4, 0.5) is 0 Å². The number of benzene rings is 3. The van der Waals surface area contributed by atoms with Crippen LogP contribution in [0, 0.1) is 11.8 Å². The molecule has 0 bridgehead atoms. The minimum atomic E-state index is -2.57. The Hall–Kier alpha value is -4.58. The Balaban J connectivity index is 1.19. The van der Waals surface area contributed by atoms with Gasteiger partial charge < -0.3 is 49.1 Å². The highest BCUT2D eigenvalue weighted by molar-refractivity contribution is 8.76. The highest BCUT2D eigenvalue weighted by Crippen LogP contribution is 2.42. The lowest BCUT2D eigenvalue weighted by Gasteiger charge is -2.50. The maximum Gasteiger partial charge on any atom is 0.335 e.